The lowest BCUT2D eigenvalue weighted by molar-refractivity contribution is -0.147. The molecule has 0 spiro atoms. The van der Waals surface area contributed by atoms with Gasteiger partial charge in [0.25, 0.3) is 5.82 Å². The zero-order chi connectivity index (χ0) is 17.2. The average Bonchev–Trinajstić information content (AvgIpc) is 2.85. The van der Waals surface area contributed by atoms with Gasteiger partial charge in [0.1, 0.15) is 0 Å². The van der Waals surface area contributed by atoms with Gasteiger partial charge in [-0.3, -0.25) is 0 Å². The number of benzene rings is 1. The van der Waals surface area contributed by atoms with Crippen molar-refractivity contribution >= 4 is 34.4 Å². The van der Waals surface area contributed by atoms with Crippen molar-refractivity contribution in [2.75, 3.05) is 14.2 Å². The van der Waals surface area contributed by atoms with Gasteiger partial charge in [-0.25, -0.2) is 5.10 Å². The van der Waals surface area contributed by atoms with Gasteiger partial charge in [0, 0.05) is 10.0 Å². The summed E-state index contributed by atoms with van der Waals surface area (Å²) >= 11 is 8.03. The van der Waals surface area contributed by atoms with Gasteiger partial charge in [0.15, 0.2) is 11.5 Å². The zero-order valence-electron chi connectivity index (χ0n) is 11.8. The number of alkyl halides is 3. The molecule has 11 heteroatoms. The molecule has 1 N–H and O–H groups in total. The van der Waals surface area contributed by atoms with E-state index in [1.807, 2.05) is 0 Å². The summed E-state index contributed by atoms with van der Waals surface area (Å²) in [5.41, 5.74) is 0.398. The minimum absolute atomic E-state index is 0.283. The van der Waals surface area contributed by atoms with Crippen molar-refractivity contribution in [3.05, 3.63) is 32.8 Å². The summed E-state index contributed by atoms with van der Waals surface area (Å²) in [5.74, 6) is -0.530. The van der Waals surface area contributed by atoms with Crippen LogP contribution in [0.25, 0.3) is 0 Å². The molecule has 124 valence electrons. The lowest BCUT2D eigenvalue weighted by Crippen LogP contribution is -2.13. The van der Waals surface area contributed by atoms with E-state index in [2.05, 4.69) is 31.2 Å². The van der Waals surface area contributed by atoms with Crippen molar-refractivity contribution in [1.29, 1.82) is 0 Å². The fourth-order valence-corrected chi connectivity index (χ4v) is 2.39. The number of aromatic amines is 1. The molecule has 0 unspecified atom stereocenters. The van der Waals surface area contributed by atoms with Gasteiger partial charge in [0.05, 0.1) is 20.4 Å². The second kappa shape index (κ2) is 6.71. The van der Waals surface area contributed by atoms with Gasteiger partial charge in [-0.1, -0.05) is 15.9 Å². The van der Waals surface area contributed by atoms with E-state index in [0.717, 1.165) is 0 Å². The normalized spacial score (nSPS) is 11.9. The van der Waals surface area contributed by atoms with Crippen molar-refractivity contribution in [2.45, 2.75) is 6.18 Å². The predicted octanol–water partition coefficient (Wildman–Crippen LogP) is 3.62. The first kappa shape index (κ1) is 17.5. The summed E-state index contributed by atoms with van der Waals surface area (Å²) in [6, 6.07) is 3.27. The monoisotopic (exact) mass is 410 g/mol. The van der Waals surface area contributed by atoms with E-state index in [-0.39, 0.29) is 4.77 Å². The molecule has 0 saturated carbocycles. The van der Waals surface area contributed by atoms with E-state index in [1.165, 1.54) is 20.4 Å². The minimum atomic E-state index is -4.69. The van der Waals surface area contributed by atoms with Gasteiger partial charge in [0.2, 0.25) is 4.77 Å². The van der Waals surface area contributed by atoms with Gasteiger partial charge < -0.3 is 9.47 Å². The Labute approximate surface area is 142 Å². The van der Waals surface area contributed by atoms with E-state index in [1.54, 1.807) is 12.1 Å². The Balaban J connectivity index is 2.52. The van der Waals surface area contributed by atoms with Crippen molar-refractivity contribution < 1.29 is 22.6 Å². The molecular weight excluding hydrogens is 401 g/mol. The van der Waals surface area contributed by atoms with E-state index >= 15 is 0 Å². The lowest BCUT2D eigenvalue weighted by atomic mass is 10.2. The molecule has 0 bridgehead atoms. The van der Waals surface area contributed by atoms with Crippen LogP contribution >= 0.6 is 28.1 Å². The Kier molecular flexibility index (Phi) is 5.09. The van der Waals surface area contributed by atoms with Gasteiger partial charge in [-0.2, -0.15) is 22.9 Å². The summed E-state index contributed by atoms with van der Waals surface area (Å²) in [6.07, 6.45) is -3.52. The Morgan fingerprint density at radius 2 is 2.04 bits per heavy atom. The highest BCUT2D eigenvalue weighted by molar-refractivity contribution is 9.10. The molecule has 2 aromatic rings. The van der Waals surface area contributed by atoms with Crippen molar-refractivity contribution in [3.63, 3.8) is 0 Å². The number of hydrogen-bond acceptors (Lipinski definition) is 5. The molecule has 0 aliphatic rings. The van der Waals surface area contributed by atoms with Crippen LogP contribution in [0.3, 0.4) is 0 Å². The second-order valence-corrected chi connectivity index (χ2v) is 5.44. The third kappa shape index (κ3) is 3.72. The Bertz CT molecular complexity index is 801. The van der Waals surface area contributed by atoms with E-state index in [9.17, 15) is 13.2 Å². The van der Waals surface area contributed by atoms with Crippen LogP contribution in [0.5, 0.6) is 11.5 Å². The van der Waals surface area contributed by atoms with Crippen LogP contribution in [0.4, 0.5) is 13.2 Å². The van der Waals surface area contributed by atoms with Gasteiger partial charge in [-0.05, 0) is 24.4 Å². The smallest absolute Gasteiger partial charge is 0.453 e. The molecule has 0 aliphatic carbocycles. The first-order chi connectivity index (χ1) is 10.8. The fraction of sp³-hybridized carbons (Fsp3) is 0.250. The first-order valence-corrected chi connectivity index (χ1v) is 7.18. The topological polar surface area (TPSA) is 64.4 Å². The third-order valence-corrected chi connectivity index (χ3v) is 3.41. The number of rotatable bonds is 4. The summed E-state index contributed by atoms with van der Waals surface area (Å²) in [4.78, 5) is 0. The molecule has 0 fully saturated rings. The van der Waals surface area contributed by atoms with E-state index in [0.29, 0.717) is 26.2 Å². The number of hydrogen-bond donors (Lipinski definition) is 1. The molecule has 1 aromatic carbocycles. The molecule has 0 amide bonds. The first-order valence-electron chi connectivity index (χ1n) is 5.98. The van der Waals surface area contributed by atoms with Crippen molar-refractivity contribution in [1.82, 2.24) is 14.9 Å². The van der Waals surface area contributed by atoms with Crippen LogP contribution in [0.15, 0.2) is 21.7 Å². The van der Waals surface area contributed by atoms with Crippen molar-refractivity contribution in [3.8, 4) is 11.5 Å². The van der Waals surface area contributed by atoms with Crippen molar-refractivity contribution in [2.24, 2.45) is 5.10 Å². The van der Waals surface area contributed by atoms with Crippen LogP contribution < -0.4 is 9.47 Å². The van der Waals surface area contributed by atoms with Crippen LogP contribution in [0.2, 0.25) is 0 Å². The molecular formula is C12H10BrF3N4O2S. The molecule has 0 radical (unpaired) electrons. The maximum atomic E-state index is 12.8. The quantitative estimate of drug-likeness (QED) is 0.617. The summed E-state index contributed by atoms with van der Waals surface area (Å²) in [5, 5.41) is 8.94. The molecule has 0 aliphatic heterocycles. The minimum Gasteiger partial charge on any atom is -0.493 e. The number of halogens is 4. The number of H-pyrrole nitrogens is 1. The number of nitrogens with zero attached hydrogens (tertiary/aromatic N) is 3. The summed E-state index contributed by atoms with van der Waals surface area (Å²) in [6.45, 7) is 0. The SMILES string of the molecule is COc1cc(Br)cc(/C=N\n2c(C(F)(F)F)n[nH]c2=S)c1OC. The maximum Gasteiger partial charge on any atom is 0.453 e. The molecule has 2 rings (SSSR count). The zero-order valence-corrected chi connectivity index (χ0v) is 14.2. The number of methoxy groups -OCH3 is 2. The summed E-state index contributed by atoms with van der Waals surface area (Å²) < 4.78 is 49.7. The number of aromatic nitrogens is 3. The Morgan fingerprint density at radius 3 is 2.61 bits per heavy atom. The molecule has 0 atom stereocenters. The highest BCUT2D eigenvalue weighted by atomic mass is 79.9. The standard InChI is InChI=1S/C12H10BrF3N4O2S/c1-21-8-4-7(13)3-6(9(8)22-2)5-17-20-10(12(14,15)16)18-19-11(20)23/h3-5H,1-2H3,(H,19,23)/b17-5-. The van der Waals surface area contributed by atoms with Crippen LogP contribution in [-0.4, -0.2) is 35.3 Å². The third-order valence-electron chi connectivity index (χ3n) is 2.69. The Hall–Kier alpha value is -1.88. The number of nitrogens with one attached hydrogen (secondary N) is 1. The predicted molar refractivity (Wildman–Crippen MR) is 82.7 cm³/mol. The second-order valence-electron chi connectivity index (χ2n) is 4.14. The fourth-order valence-electron chi connectivity index (χ4n) is 1.76. The highest BCUT2D eigenvalue weighted by Gasteiger charge is 2.37. The van der Waals surface area contributed by atoms with E-state index < -0.39 is 12.0 Å². The van der Waals surface area contributed by atoms with Gasteiger partial charge >= 0.3 is 6.18 Å². The van der Waals surface area contributed by atoms with Crippen LogP contribution in [-0.2, 0) is 6.18 Å². The lowest BCUT2D eigenvalue weighted by Gasteiger charge is -2.11. The molecule has 1 aromatic heterocycles. The summed E-state index contributed by atoms with van der Waals surface area (Å²) in [7, 11) is 2.85. The van der Waals surface area contributed by atoms with Crippen LogP contribution in [0, 0.1) is 4.77 Å². The van der Waals surface area contributed by atoms with Crippen LogP contribution in [0.1, 0.15) is 11.4 Å². The van der Waals surface area contributed by atoms with Gasteiger partial charge in [-0.15, -0.1) is 5.10 Å². The number of ether oxygens (including phenoxy) is 2. The Morgan fingerprint density at radius 1 is 1.35 bits per heavy atom. The largest absolute Gasteiger partial charge is 0.493 e. The average molecular weight is 411 g/mol. The molecule has 6 nitrogen and oxygen atoms in total. The maximum absolute atomic E-state index is 12.8. The van der Waals surface area contributed by atoms with E-state index in [4.69, 9.17) is 21.7 Å². The highest BCUT2D eigenvalue weighted by Crippen LogP contribution is 2.34. The molecule has 0 saturated heterocycles. The molecule has 1 heterocycles. The molecule has 23 heavy (non-hydrogen) atoms.